The van der Waals surface area contributed by atoms with Crippen molar-refractivity contribution in [1.29, 1.82) is 0 Å². The van der Waals surface area contributed by atoms with Crippen LogP contribution in [0.15, 0.2) is 40.9 Å². The number of morpholine rings is 1. The second-order valence-corrected chi connectivity index (χ2v) is 7.59. The smallest absolute Gasteiger partial charge is 0.420 e. The summed E-state index contributed by atoms with van der Waals surface area (Å²) in [7, 11) is 0. The number of carbonyl (C=O) groups is 1. The van der Waals surface area contributed by atoms with Gasteiger partial charge in [-0.2, -0.15) is 13.2 Å². The summed E-state index contributed by atoms with van der Waals surface area (Å²) in [5.41, 5.74) is 5.40. The van der Waals surface area contributed by atoms with Gasteiger partial charge in [0.05, 0.1) is 42.1 Å². The van der Waals surface area contributed by atoms with E-state index in [1.807, 2.05) is 0 Å². The van der Waals surface area contributed by atoms with Gasteiger partial charge in [-0.3, -0.25) is 9.78 Å². The van der Waals surface area contributed by atoms with E-state index in [1.54, 1.807) is 23.1 Å². The summed E-state index contributed by atoms with van der Waals surface area (Å²) in [4.78, 5) is 18.8. The van der Waals surface area contributed by atoms with Gasteiger partial charge in [-0.05, 0) is 36.8 Å². The highest BCUT2D eigenvalue weighted by Gasteiger charge is 2.41. The predicted molar refractivity (Wildman–Crippen MR) is 102 cm³/mol. The number of alkyl halides is 3. The maximum absolute atomic E-state index is 13.6. The largest absolute Gasteiger partial charge is 0.459 e. The topological polar surface area (TPSA) is 81.6 Å². The van der Waals surface area contributed by atoms with Gasteiger partial charge >= 0.3 is 6.18 Å². The van der Waals surface area contributed by atoms with Gasteiger partial charge in [0.15, 0.2) is 0 Å². The van der Waals surface area contributed by atoms with Crippen LogP contribution in [0.1, 0.15) is 28.1 Å². The van der Waals surface area contributed by atoms with E-state index in [1.165, 1.54) is 12.3 Å². The van der Waals surface area contributed by atoms with Crippen LogP contribution in [0.5, 0.6) is 0 Å². The summed E-state index contributed by atoms with van der Waals surface area (Å²) in [6, 6.07) is 7.31. The molecule has 2 fully saturated rings. The second-order valence-electron chi connectivity index (χ2n) is 7.59. The van der Waals surface area contributed by atoms with Gasteiger partial charge in [0.25, 0.3) is 5.91 Å². The van der Waals surface area contributed by atoms with Crippen LogP contribution in [0.4, 0.5) is 13.2 Å². The first kappa shape index (κ1) is 19.1. The molecule has 6 nitrogen and oxygen atoms in total. The lowest BCUT2D eigenvalue weighted by molar-refractivity contribution is -0.136. The van der Waals surface area contributed by atoms with Crippen LogP contribution in [0.2, 0.25) is 0 Å². The zero-order valence-electron chi connectivity index (χ0n) is 15.8. The summed E-state index contributed by atoms with van der Waals surface area (Å²) in [6.45, 7) is 1.10. The zero-order valence-corrected chi connectivity index (χ0v) is 15.8. The highest BCUT2D eigenvalue weighted by atomic mass is 19.4. The highest BCUT2D eigenvalue weighted by Crippen LogP contribution is 2.39. The molecule has 4 heterocycles. The summed E-state index contributed by atoms with van der Waals surface area (Å²) in [5, 5.41) is 0.301. The minimum Gasteiger partial charge on any atom is -0.459 e. The first-order valence-electron chi connectivity index (χ1n) is 9.56. The zero-order chi connectivity index (χ0) is 21.0. The van der Waals surface area contributed by atoms with Crippen LogP contribution in [0.25, 0.3) is 22.2 Å². The molecule has 2 saturated heterocycles. The van der Waals surface area contributed by atoms with Crippen molar-refractivity contribution in [2.24, 2.45) is 5.73 Å². The molecule has 2 aromatic heterocycles. The fourth-order valence-corrected chi connectivity index (χ4v) is 4.17. The Kier molecular flexibility index (Phi) is 4.33. The molecule has 2 atom stereocenters. The van der Waals surface area contributed by atoms with Gasteiger partial charge in [0, 0.05) is 23.7 Å². The number of nitrogens with zero attached hydrogens (tertiary/aromatic N) is 2. The number of rotatable bonds is 3. The Labute approximate surface area is 169 Å². The Morgan fingerprint density at radius 2 is 2.10 bits per heavy atom. The quantitative estimate of drug-likeness (QED) is 0.705. The highest BCUT2D eigenvalue weighted by molar-refractivity contribution is 5.95. The van der Waals surface area contributed by atoms with E-state index in [9.17, 15) is 18.0 Å². The number of furan rings is 1. The SMILES string of the molecule is NCc1cc2cc(-c3ccc(C(=O)N4CC5CC4CO5)cn3)cc(C(F)(F)F)c2o1. The molecular weight excluding hydrogens is 399 g/mol. The molecule has 5 rings (SSSR count). The van der Waals surface area contributed by atoms with Crippen LogP contribution in [0.3, 0.4) is 0 Å². The van der Waals surface area contributed by atoms with E-state index >= 15 is 0 Å². The first-order valence-corrected chi connectivity index (χ1v) is 9.56. The van der Waals surface area contributed by atoms with Crippen LogP contribution in [0, 0.1) is 0 Å². The molecule has 156 valence electrons. The molecule has 2 unspecified atom stereocenters. The van der Waals surface area contributed by atoms with Crippen molar-refractivity contribution in [1.82, 2.24) is 9.88 Å². The van der Waals surface area contributed by atoms with Crippen LogP contribution in [-0.2, 0) is 17.5 Å². The van der Waals surface area contributed by atoms with Crippen molar-refractivity contribution in [3.05, 3.63) is 53.4 Å². The van der Waals surface area contributed by atoms with E-state index in [0.717, 1.165) is 12.5 Å². The Morgan fingerprint density at radius 3 is 2.70 bits per heavy atom. The van der Waals surface area contributed by atoms with E-state index in [4.69, 9.17) is 14.9 Å². The van der Waals surface area contributed by atoms with Gasteiger partial charge < -0.3 is 19.8 Å². The van der Waals surface area contributed by atoms with E-state index in [2.05, 4.69) is 4.98 Å². The number of aromatic nitrogens is 1. The Morgan fingerprint density at radius 1 is 1.27 bits per heavy atom. The maximum atomic E-state index is 13.6. The molecule has 2 aliphatic heterocycles. The number of benzene rings is 1. The molecular formula is C21H18F3N3O3. The number of nitrogens with two attached hydrogens (primary N) is 1. The third-order valence-corrected chi connectivity index (χ3v) is 5.64. The van der Waals surface area contributed by atoms with Gasteiger partial charge in [-0.15, -0.1) is 0 Å². The standard InChI is InChI=1S/C21H18F3N3O3/c22-21(23,24)17-5-12(3-13-4-15(7-25)30-19(13)17)18-2-1-11(8-26-18)20(28)27-9-16-6-14(27)10-29-16/h1-5,8,14,16H,6-7,9-10,25H2. The second kappa shape index (κ2) is 6.82. The van der Waals surface area contributed by atoms with Crippen molar-refractivity contribution in [3.8, 4) is 11.3 Å². The lowest BCUT2D eigenvalue weighted by Crippen LogP contribution is -2.41. The fraction of sp³-hybridized carbons (Fsp3) is 0.333. The van der Waals surface area contributed by atoms with Crippen LogP contribution in [-0.4, -0.2) is 41.1 Å². The van der Waals surface area contributed by atoms with Crippen molar-refractivity contribution in [3.63, 3.8) is 0 Å². The van der Waals surface area contributed by atoms with Crippen molar-refractivity contribution >= 4 is 16.9 Å². The van der Waals surface area contributed by atoms with Crippen LogP contribution >= 0.6 is 0 Å². The number of hydrogen-bond acceptors (Lipinski definition) is 5. The monoisotopic (exact) mass is 417 g/mol. The summed E-state index contributed by atoms with van der Waals surface area (Å²) < 4.78 is 51.5. The number of hydrogen-bond donors (Lipinski definition) is 1. The molecule has 2 N–H and O–H groups in total. The van der Waals surface area contributed by atoms with Crippen molar-refractivity contribution in [2.75, 3.05) is 13.2 Å². The van der Waals surface area contributed by atoms with Gasteiger partial charge in [0.1, 0.15) is 11.3 Å². The van der Waals surface area contributed by atoms with Gasteiger partial charge in [-0.25, -0.2) is 0 Å². The van der Waals surface area contributed by atoms with Gasteiger partial charge in [0.2, 0.25) is 0 Å². The number of carbonyl (C=O) groups excluding carboxylic acids is 1. The normalized spacial score (nSPS) is 21.0. The van der Waals surface area contributed by atoms with E-state index < -0.39 is 11.7 Å². The molecule has 0 spiro atoms. The number of amides is 1. The minimum atomic E-state index is -4.59. The molecule has 0 radical (unpaired) electrons. The number of likely N-dealkylation sites (tertiary alicyclic amines) is 1. The van der Waals surface area contributed by atoms with E-state index in [0.29, 0.717) is 29.8 Å². The average molecular weight is 417 g/mol. The summed E-state index contributed by atoms with van der Waals surface area (Å²) >= 11 is 0. The molecule has 0 saturated carbocycles. The fourth-order valence-electron chi connectivity index (χ4n) is 4.17. The molecule has 2 aliphatic rings. The third kappa shape index (κ3) is 3.14. The summed E-state index contributed by atoms with van der Waals surface area (Å²) in [5.74, 6) is 0.129. The lowest BCUT2D eigenvalue weighted by Gasteiger charge is -2.26. The minimum absolute atomic E-state index is 0.000238. The third-order valence-electron chi connectivity index (χ3n) is 5.64. The molecule has 1 aromatic carbocycles. The van der Waals surface area contributed by atoms with Crippen molar-refractivity contribution < 1.29 is 27.1 Å². The summed E-state index contributed by atoms with van der Waals surface area (Å²) in [6.07, 6.45) is -2.26. The van der Waals surface area contributed by atoms with Crippen molar-refractivity contribution in [2.45, 2.75) is 31.3 Å². The molecule has 0 aliphatic carbocycles. The van der Waals surface area contributed by atoms with E-state index in [-0.39, 0.29) is 41.5 Å². The number of pyridine rings is 1. The Balaban J connectivity index is 1.49. The Hall–Kier alpha value is -2.91. The number of ether oxygens (including phenoxy) is 1. The predicted octanol–water partition coefficient (Wildman–Crippen LogP) is 3.59. The molecule has 30 heavy (non-hydrogen) atoms. The molecule has 1 amide bonds. The van der Waals surface area contributed by atoms with Crippen LogP contribution < -0.4 is 5.73 Å². The van der Waals surface area contributed by atoms with Gasteiger partial charge in [-0.1, -0.05) is 0 Å². The molecule has 9 heteroatoms. The molecule has 2 bridgehead atoms. The maximum Gasteiger partial charge on any atom is 0.420 e. The molecule has 3 aromatic rings. The number of fused-ring (bicyclic) bond motifs is 3. The average Bonchev–Trinajstić information content (AvgIpc) is 3.46. The lowest BCUT2D eigenvalue weighted by atomic mass is 10.0. The first-order chi connectivity index (χ1) is 14.3. The Bertz CT molecular complexity index is 1120. The number of halogens is 3.